The van der Waals surface area contributed by atoms with E-state index in [1.165, 1.54) is 12.1 Å². The van der Waals surface area contributed by atoms with E-state index in [1.54, 1.807) is 0 Å². The van der Waals surface area contributed by atoms with Gasteiger partial charge >= 0.3 is 12.1 Å². The van der Waals surface area contributed by atoms with Gasteiger partial charge in [-0.05, 0) is 61.6 Å². The molecular formula is C22H17ClF4N2O3. The summed E-state index contributed by atoms with van der Waals surface area (Å²) < 4.78 is 54.5. The van der Waals surface area contributed by atoms with Crippen molar-refractivity contribution in [3.8, 4) is 0 Å². The first-order valence-electron chi connectivity index (χ1n) is 9.50. The number of rotatable bonds is 3. The highest BCUT2D eigenvalue weighted by Crippen LogP contribution is 2.36. The molecule has 0 atom stereocenters. The number of benzene rings is 2. The lowest BCUT2D eigenvalue weighted by atomic mass is 9.89. The Bertz CT molecular complexity index is 1160. The van der Waals surface area contributed by atoms with E-state index in [4.69, 9.17) is 22.4 Å². The number of nitrogens with zero attached hydrogens (tertiary/aromatic N) is 1. The topological polar surface area (TPSA) is 92.8 Å². The summed E-state index contributed by atoms with van der Waals surface area (Å²) >= 11 is 5.88. The van der Waals surface area contributed by atoms with E-state index < -0.39 is 40.0 Å². The van der Waals surface area contributed by atoms with Crippen molar-refractivity contribution in [3.63, 3.8) is 0 Å². The number of nitrogens with two attached hydrogens (primary N) is 1. The van der Waals surface area contributed by atoms with Gasteiger partial charge in [0.2, 0.25) is 0 Å². The largest absolute Gasteiger partial charge is 0.478 e. The second-order valence-electron chi connectivity index (χ2n) is 7.12. The molecular weight excluding hydrogens is 452 g/mol. The van der Waals surface area contributed by atoms with E-state index >= 15 is 0 Å². The fourth-order valence-corrected chi connectivity index (χ4v) is 3.74. The summed E-state index contributed by atoms with van der Waals surface area (Å²) in [5.74, 6) is -3.36. The molecule has 0 spiro atoms. The molecule has 10 heteroatoms. The van der Waals surface area contributed by atoms with Crippen LogP contribution in [0.15, 0.2) is 47.0 Å². The average Bonchev–Trinajstić information content (AvgIpc) is 2.72. The van der Waals surface area contributed by atoms with Crippen LogP contribution >= 0.6 is 11.6 Å². The van der Waals surface area contributed by atoms with Gasteiger partial charge in [-0.15, -0.1) is 0 Å². The standard InChI is InChI=1S/C22H17ClF4N2O3/c23-15-6-3-5-14(22(25,26)27)18(15)20(30)29-17-7-2-1-4-13(17)19(28)12-9-8-11(21(31)32)10-16(12)24/h3,5-6,8-10H,1-2,4,7,28H2,(H,31,32). The van der Waals surface area contributed by atoms with Gasteiger partial charge in [-0.1, -0.05) is 17.7 Å². The van der Waals surface area contributed by atoms with Gasteiger partial charge in [-0.25, -0.2) is 14.2 Å². The normalized spacial score (nSPS) is 17.3. The minimum atomic E-state index is -4.81. The molecule has 2 aromatic carbocycles. The van der Waals surface area contributed by atoms with Gasteiger partial charge in [0.25, 0.3) is 5.91 Å². The number of hydrogen-bond donors (Lipinski definition) is 2. The summed E-state index contributed by atoms with van der Waals surface area (Å²) in [7, 11) is 0. The first-order valence-corrected chi connectivity index (χ1v) is 9.88. The molecule has 32 heavy (non-hydrogen) atoms. The second-order valence-corrected chi connectivity index (χ2v) is 7.53. The number of carbonyl (C=O) groups excluding carboxylic acids is 1. The number of aliphatic imine (C=N–C) groups is 1. The van der Waals surface area contributed by atoms with E-state index in [1.807, 2.05) is 0 Å². The number of carboxylic acids is 1. The van der Waals surface area contributed by atoms with Crippen LogP contribution in [0.2, 0.25) is 5.02 Å². The van der Waals surface area contributed by atoms with Gasteiger partial charge in [0, 0.05) is 17.0 Å². The Hall–Kier alpha value is -3.20. The van der Waals surface area contributed by atoms with Gasteiger partial charge in [0.05, 0.1) is 21.7 Å². The fourth-order valence-electron chi connectivity index (χ4n) is 3.49. The molecule has 1 fully saturated rings. The molecule has 1 aliphatic carbocycles. The molecule has 0 aliphatic heterocycles. The lowest BCUT2D eigenvalue weighted by molar-refractivity contribution is -0.137. The third-order valence-electron chi connectivity index (χ3n) is 5.04. The number of aromatic carboxylic acids is 1. The van der Waals surface area contributed by atoms with Gasteiger partial charge in [0.15, 0.2) is 0 Å². The quantitative estimate of drug-likeness (QED) is 0.563. The van der Waals surface area contributed by atoms with Gasteiger partial charge in [-0.2, -0.15) is 13.2 Å². The van der Waals surface area contributed by atoms with Gasteiger partial charge < -0.3 is 10.8 Å². The Morgan fingerprint density at radius 1 is 1.09 bits per heavy atom. The summed E-state index contributed by atoms with van der Waals surface area (Å²) in [6.45, 7) is 0. The molecule has 1 saturated carbocycles. The maximum absolute atomic E-state index is 14.5. The Kier molecular flexibility index (Phi) is 6.68. The van der Waals surface area contributed by atoms with E-state index in [9.17, 15) is 27.2 Å². The predicted molar refractivity (Wildman–Crippen MR) is 111 cm³/mol. The van der Waals surface area contributed by atoms with Gasteiger partial charge in [-0.3, -0.25) is 4.79 Å². The summed E-state index contributed by atoms with van der Waals surface area (Å²) in [4.78, 5) is 27.6. The Morgan fingerprint density at radius 2 is 1.78 bits per heavy atom. The van der Waals surface area contributed by atoms with Crippen LogP contribution in [0.1, 0.15) is 57.5 Å². The van der Waals surface area contributed by atoms with E-state index in [0.717, 1.165) is 24.3 Å². The number of carboxylic acid groups (broad SMARTS) is 1. The van der Waals surface area contributed by atoms with Crippen molar-refractivity contribution in [1.82, 2.24) is 0 Å². The van der Waals surface area contributed by atoms with Crippen molar-refractivity contribution in [3.05, 3.63) is 75.1 Å². The smallest absolute Gasteiger partial charge is 0.417 e. The number of allylic oxidation sites excluding steroid dienone is 1. The molecule has 1 aliphatic rings. The molecule has 0 unspecified atom stereocenters. The van der Waals surface area contributed by atoms with Crippen LogP contribution < -0.4 is 5.73 Å². The Balaban J connectivity index is 2.08. The molecule has 0 aromatic heterocycles. The molecule has 2 aromatic rings. The van der Waals surface area contributed by atoms with Crippen LogP contribution in [0.4, 0.5) is 17.6 Å². The first kappa shape index (κ1) is 23.5. The molecule has 0 radical (unpaired) electrons. The minimum absolute atomic E-state index is 0.0547. The number of alkyl halides is 3. The third-order valence-corrected chi connectivity index (χ3v) is 5.35. The monoisotopic (exact) mass is 468 g/mol. The number of carbonyl (C=O) groups is 2. The summed E-state index contributed by atoms with van der Waals surface area (Å²) in [6, 6.07) is 6.18. The minimum Gasteiger partial charge on any atom is -0.478 e. The summed E-state index contributed by atoms with van der Waals surface area (Å²) in [5.41, 5.74) is 4.22. The van der Waals surface area contributed by atoms with Crippen LogP contribution in [0.3, 0.4) is 0 Å². The van der Waals surface area contributed by atoms with Crippen molar-refractivity contribution >= 4 is 34.9 Å². The maximum Gasteiger partial charge on any atom is 0.417 e. The van der Waals surface area contributed by atoms with Crippen LogP contribution in [0.5, 0.6) is 0 Å². The zero-order valence-corrected chi connectivity index (χ0v) is 17.2. The summed E-state index contributed by atoms with van der Waals surface area (Å²) in [6.07, 6.45) is -2.97. The second kappa shape index (κ2) is 9.12. The highest BCUT2D eigenvalue weighted by atomic mass is 35.5. The summed E-state index contributed by atoms with van der Waals surface area (Å²) in [5, 5.41) is 8.59. The fraction of sp³-hybridized carbons (Fsp3) is 0.227. The molecule has 0 heterocycles. The maximum atomic E-state index is 14.5. The zero-order chi connectivity index (χ0) is 23.6. The SMILES string of the molecule is NC(=C1CCCCC1=NC(=O)c1c(Cl)cccc1C(F)(F)F)c1ccc(C(=O)O)cc1F. The number of hydrogen-bond acceptors (Lipinski definition) is 3. The van der Waals surface area contributed by atoms with Crippen LogP contribution in [-0.4, -0.2) is 22.7 Å². The molecule has 5 nitrogen and oxygen atoms in total. The highest BCUT2D eigenvalue weighted by molar-refractivity contribution is 6.34. The Labute approximate surface area is 185 Å². The van der Waals surface area contributed by atoms with Crippen molar-refractivity contribution in [1.29, 1.82) is 0 Å². The zero-order valence-electron chi connectivity index (χ0n) is 16.5. The third kappa shape index (κ3) is 4.83. The average molecular weight is 469 g/mol. The van der Waals surface area contributed by atoms with E-state index in [2.05, 4.69) is 4.99 Å². The van der Waals surface area contributed by atoms with Crippen molar-refractivity contribution in [2.45, 2.75) is 31.9 Å². The van der Waals surface area contributed by atoms with Crippen molar-refractivity contribution in [2.24, 2.45) is 10.7 Å². The van der Waals surface area contributed by atoms with Crippen LogP contribution in [0, 0.1) is 5.82 Å². The molecule has 1 amide bonds. The molecule has 0 bridgehead atoms. The Morgan fingerprint density at radius 3 is 2.41 bits per heavy atom. The lowest BCUT2D eigenvalue weighted by Gasteiger charge is -2.20. The van der Waals surface area contributed by atoms with Gasteiger partial charge in [0.1, 0.15) is 5.82 Å². The van der Waals surface area contributed by atoms with Crippen LogP contribution in [-0.2, 0) is 6.18 Å². The highest BCUT2D eigenvalue weighted by Gasteiger charge is 2.36. The number of amides is 1. The van der Waals surface area contributed by atoms with Crippen molar-refractivity contribution < 1.29 is 32.3 Å². The van der Waals surface area contributed by atoms with E-state index in [-0.39, 0.29) is 29.0 Å². The lowest BCUT2D eigenvalue weighted by Crippen LogP contribution is -2.19. The molecule has 168 valence electrons. The van der Waals surface area contributed by atoms with E-state index in [0.29, 0.717) is 24.8 Å². The van der Waals surface area contributed by atoms with Crippen LogP contribution in [0.25, 0.3) is 5.70 Å². The molecule has 3 N–H and O–H groups in total. The molecule has 0 saturated heterocycles. The molecule has 3 rings (SSSR count). The first-order chi connectivity index (χ1) is 15.0. The predicted octanol–water partition coefficient (Wildman–Crippen LogP) is 5.72. The van der Waals surface area contributed by atoms with Crippen molar-refractivity contribution in [2.75, 3.05) is 0 Å². The number of halogens is 5.